The lowest BCUT2D eigenvalue weighted by Gasteiger charge is -2.36. The Morgan fingerprint density at radius 1 is 0.795 bits per heavy atom. The predicted molar refractivity (Wildman–Crippen MR) is 155 cm³/mol. The molecule has 218 valence electrons. The van der Waals surface area contributed by atoms with Gasteiger partial charge in [-0.1, -0.05) is 47.6 Å². The first kappa shape index (κ1) is 30.9. The molecular formula is C31H48N2O6. The Labute approximate surface area is 234 Å². The first-order valence-electron chi connectivity index (χ1n) is 13.7. The molecule has 2 aromatic carbocycles. The number of hydrogen-bond acceptors (Lipinski definition) is 8. The van der Waals surface area contributed by atoms with Crippen molar-refractivity contribution in [3.8, 4) is 28.7 Å². The second kappa shape index (κ2) is 12.7. The van der Waals surface area contributed by atoms with Gasteiger partial charge in [0.2, 0.25) is 5.75 Å². The third kappa shape index (κ3) is 7.71. The average molecular weight is 545 g/mol. The maximum atomic E-state index is 10.9. The van der Waals surface area contributed by atoms with Gasteiger partial charge in [0.1, 0.15) is 24.2 Å². The molecular weight excluding hydrogens is 496 g/mol. The van der Waals surface area contributed by atoms with Gasteiger partial charge in [-0.05, 0) is 29.0 Å². The van der Waals surface area contributed by atoms with Gasteiger partial charge >= 0.3 is 0 Å². The molecule has 39 heavy (non-hydrogen) atoms. The minimum absolute atomic E-state index is 0.195. The summed E-state index contributed by atoms with van der Waals surface area (Å²) in [7, 11) is 4.88. The van der Waals surface area contributed by atoms with Crippen molar-refractivity contribution in [3.63, 3.8) is 0 Å². The minimum atomic E-state index is -0.618. The van der Waals surface area contributed by atoms with Crippen molar-refractivity contribution < 1.29 is 29.2 Å². The molecule has 0 amide bonds. The Bertz CT molecular complexity index is 1060. The monoisotopic (exact) mass is 544 g/mol. The Kier molecular flexibility index (Phi) is 10.0. The van der Waals surface area contributed by atoms with E-state index in [2.05, 4.69) is 51.3 Å². The first-order valence-corrected chi connectivity index (χ1v) is 13.7. The summed E-state index contributed by atoms with van der Waals surface area (Å²) in [5.74, 6) is 2.96. The molecule has 2 aromatic rings. The molecule has 1 fully saturated rings. The quantitative estimate of drug-likeness (QED) is 0.450. The van der Waals surface area contributed by atoms with Crippen molar-refractivity contribution in [2.24, 2.45) is 0 Å². The number of β-amino-alcohol motifs (C(OH)–C–C–N with tert-alkyl or cyclic N) is 1. The molecule has 0 spiro atoms. The summed E-state index contributed by atoms with van der Waals surface area (Å²) in [5, 5.41) is 21.7. The molecule has 0 aliphatic carbocycles. The Balaban J connectivity index is 1.56. The smallest absolute Gasteiger partial charge is 0.203 e. The number of phenols is 1. The molecule has 1 aliphatic heterocycles. The fraction of sp³-hybridized carbons (Fsp3) is 0.613. The number of aromatic hydroxyl groups is 1. The molecule has 3 rings (SSSR count). The molecule has 1 atom stereocenters. The van der Waals surface area contributed by atoms with E-state index in [4.69, 9.17) is 18.9 Å². The normalized spacial score (nSPS) is 16.2. The summed E-state index contributed by atoms with van der Waals surface area (Å²) in [4.78, 5) is 4.65. The number of benzene rings is 2. The van der Waals surface area contributed by atoms with Gasteiger partial charge in [-0.2, -0.15) is 0 Å². The van der Waals surface area contributed by atoms with Crippen molar-refractivity contribution in [1.82, 2.24) is 9.80 Å². The van der Waals surface area contributed by atoms with E-state index in [0.717, 1.165) is 49.4 Å². The molecule has 0 radical (unpaired) electrons. The lowest BCUT2D eigenvalue weighted by molar-refractivity contribution is 0.0444. The number of rotatable bonds is 10. The Hall–Kier alpha value is -2.68. The van der Waals surface area contributed by atoms with Crippen LogP contribution in [0.4, 0.5) is 0 Å². The van der Waals surface area contributed by atoms with E-state index in [1.807, 2.05) is 24.3 Å². The van der Waals surface area contributed by atoms with Crippen molar-refractivity contribution in [3.05, 3.63) is 41.0 Å². The van der Waals surface area contributed by atoms with Crippen LogP contribution in [0.25, 0.3) is 0 Å². The standard InChI is InChI=1S/C31H48N2O6/c1-30(2,3)24-16-23(17-25(27(24)35)31(4,5)6)39-20-22(34)19-33-14-12-32(13-15-33)18-21-10-11-26(36-7)29(38-9)28(21)37-8/h10-11,16-17,22,34-35H,12-15,18-20H2,1-9H3. The van der Waals surface area contributed by atoms with Gasteiger partial charge in [0.05, 0.1) is 21.3 Å². The lowest BCUT2D eigenvalue weighted by atomic mass is 9.79. The van der Waals surface area contributed by atoms with Crippen LogP contribution in [0.1, 0.15) is 58.2 Å². The number of hydrogen-bond donors (Lipinski definition) is 2. The fourth-order valence-corrected chi connectivity index (χ4v) is 5.04. The Morgan fingerprint density at radius 2 is 1.33 bits per heavy atom. The molecule has 0 bridgehead atoms. The number of phenolic OH excluding ortho intramolecular Hbond substituents is 1. The van der Waals surface area contributed by atoms with Crippen LogP contribution in [0, 0.1) is 0 Å². The highest BCUT2D eigenvalue weighted by atomic mass is 16.5. The number of methoxy groups -OCH3 is 3. The van der Waals surface area contributed by atoms with Gasteiger partial charge in [0.25, 0.3) is 0 Å². The summed E-state index contributed by atoms with van der Waals surface area (Å²) in [5.41, 5.74) is 2.28. The van der Waals surface area contributed by atoms with Crippen LogP contribution in [0.15, 0.2) is 24.3 Å². The van der Waals surface area contributed by atoms with E-state index in [-0.39, 0.29) is 17.4 Å². The molecule has 1 heterocycles. The highest BCUT2D eigenvalue weighted by Crippen LogP contribution is 2.42. The molecule has 8 heteroatoms. The van der Waals surface area contributed by atoms with Crippen LogP contribution in [-0.4, -0.2) is 86.8 Å². The predicted octanol–water partition coefficient (Wildman–Crippen LogP) is 4.57. The second-order valence-corrected chi connectivity index (χ2v) is 12.4. The summed E-state index contributed by atoms with van der Waals surface area (Å²) >= 11 is 0. The van der Waals surface area contributed by atoms with Gasteiger partial charge in [-0.3, -0.25) is 9.80 Å². The van der Waals surface area contributed by atoms with Crippen LogP contribution in [0.2, 0.25) is 0 Å². The summed E-state index contributed by atoms with van der Waals surface area (Å²) in [6.45, 7) is 17.4. The van der Waals surface area contributed by atoms with Gasteiger partial charge in [-0.15, -0.1) is 0 Å². The minimum Gasteiger partial charge on any atom is -0.507 e. The molecule has 1 saturated heterocycles. The lowest BCUT2D eigenvalue weighted by Crippen LogP contribution is -2.48. The van der Waals surface area contributed by atoms with Crippen LogP contribution in [0.3, 0.4) is 0 Å². The van der Waals surface area contributed by atoms with E-state index >= 15 is 0 Å². The number of aliphatic hydroxyl groups is 1. The van der Waals surface area contributed by atoms with Crippen LogP contribution < -0.4 is 18.9 Å². The third-order valence-electron chi connectivity index (χ3n) is 7.26. The molecule has 0 saturated carbocycles. The van der Waals surface area contributed by atoms with Gasteiger partial charge in [0.15, 0.2) is 11.5 Å². The highest BCUT2D eigenvalue weighted by Gasteiger charge is 2.28. The molecule has 1 aliphatic rings. The van der Waals surface area contributed by atoms with E-state index in [1.54, 1.807) is 21.3 Å². The van der Waals surface area contributed by atoms with Crippen molar-refractivity contribution >= 4 is 0 Å². The van der Waals surface area contributed by atoms with Gasteiger partial charge < -0.3 is 29.2 Å². The summed E-state index contributed by atoms with van der Waals surface area (Å²) in [6.07, 6.45) is -0.618. The van der Waals surface area contributed by atoms with Gasteiger partial charge in [0, 0.05) is 56.0 Å². The molecule has 0 aromatic heterocycles. The SMILES string of the molecule is COc1ccc(CN2CCN(CC(O)COc3cc(C(C)(C)C)c(O)c(C(C)(C)C)c3)CC2)c(OC)c1OC. The second-order valence-electron chi connectivity index (χ2n) is 12.4. The molecule has 2 N–H and O–H groups in total. The maximum absolute atomic E-state index is 10.9. The maximum Gasteiger partial charge on any atom is 0.203 e. The number of piperazine rings is 1. The van der Waals surface area contributed by atoms with Crippen LogP contribution >= 0.6 is 0 Å². The largest absolute Gasteiger partial charge is 0.507 e. The van der Waals surface area contributed by atoms with Gasteiger partial charge in [-0.25, -0.2) is 0 Å². The zero-order valence-electron chi connectivity index (χ0n) is 25.3. The molecule has 8 nitrogen and oxygen atoms in total. The fourth-order valence-electron chi connectivity index (χ4n) is 5.04. The van der Waals surface area contributed by atoms with Crippen LogP contribution in [0.5, 0.6) is 28.7 Å². The summed E-state index contributed by atoms with van der Waals surface area (Å²) < 4.78 is 22.6. The van der Waals surface area contributed by atoms with Crippen LogP contribution in [-0.2, 0) is 17.4 Å². The van der Waals surface area contributed by atoms with E-state index < -0.39 is 6.10 Å². The number of nitrogens with zero attached hydrogens (tertiary/aromatic N) is 2. The zero-order valence-corrected chi connectivity index (χ0v) is 25.3. The summed E-state index contributed by atoms with van der Waals surface area (Å²) in [6, 6.07) is 7.73. The molecule has 1 unspecified atom stereocenters. The average Bonchev–Trinajstić information content (AvgIpc) is 2.87. The van der Waals surface area contributed by atoms with Crippen molar-refractivity contribution in [2.75, 3.05) is 60.7 Å². The van der Waals surface area contributed by atoms with Crippen molar-refractivity contribution in [1.29, 1.82) is 0 Å². The zero-order chi connectivity index (χ0) is 29.0. The van der Waals surface area contributed by atoms with E-state index in [1.165, 1.54) is 0 Å². The third-order valence-corrected chi connectivity index (χ3v) is 7.26. The number of aliphatic hydroxyl groups excluding tert-OH is 1. The van der Waals surface area contributed by atoms with E-state index in [0.29, 0.717) is 35.3 Å². The van der Waals surface area contributed by atoms with Crippen molar-refractivity contribution in [2.45, 2.75) is 65.0 Å². The van der Waals surface area contributed by atoms with E-state index in [9.17, 15) is 10.2 Å². The topological polar surface area (TPSA) is 83.9 Å². The highest BCUT2D eigenvalue weighted by molar-refractivity contribution is 5.56. The number of ether oxygens (including phenoxy) is 4. The first-order chi connectivity index (χ1) is 18.3. The Morgan fingerprint density at radius 3 is 1.82 bits per heavy atom.